The van der Waals surface area contributed by atoms with Crippen LogP contribution in [0.2, 0.25) is 0 Å². The van der Waals surface area contributed by atoms with E-state index in [1.165, 1.54) is 10.6 Å². The van der Waals surface area contributed by atoms with E-state index in [2.05, 4.69) is 9.97 Å². The first-order valence-electron chi connectivity index (χ1n) is 8.00. The van der Waals surface area contributed by atoms with E-state index < -0.39 is 10.0 Å². The zero-order chi connectivity index (χ0) is 17.2. The molecule has 0 N–H and O–H groups in total. The van der Waals surface area contributed by atoms with Gasteiger partial charge in [0.25, 0.3) is 10.0 Å². The topological polar surface area (TPSA) is 82.3 Å². The van der Waals surface area contributed by atoms with Crippen LogP contribution in [0.25, 0.3) is 0 Å². The van der Waals surface area contributed by atoms with Gasteiger partial charge in [0, 0.05) is 58.3 Å². The Kier molecular flexibility index (Phi) is 5.02. The van der Waals surface area contributed by atoms with Crippen molar-refractivity contribution in [3.63, 3.8) is 0 Å². The molecule has 9 heteroatoms. The Hall–Kier alpha value is -1.71. The lowest BCUT2D eigenvalue weighted by Gasteiger charge is -2.31. The van der Waals surface area contributed by atoms with Gasteiger partial charge in [-0.15, -0.1) is 0 Å². The van der Waals surface area contributed by atoms with Crippen molar-refractivity contribution in [1.82, 2.24) is 23.4 Å². The van der Waals surface area contributed by atoms with Crippen LogP contribution in [0.5, 0.6) is 0 Å². The van der Waals surface area contributed by atoms with Gasteiger partial charge in [-0.2, -0.15) is 4.31 Å². The molecule has 132 valence electrons. The minimum atomic E-state index is -3.56. The number of sulfonamides is 1. The third-order valence-corrected chi connectivity index (χ3v) is 6.07. The molecule has 8 nitrogen and oxygen atoms in total. The van der Waals surface area contributed by atoms with E-state index in [0.29, 0.717) is 19.7 Å². The van der Waals surface area contributed by atoms with E-state index >= 15 is 0 Å². The van der Waals surface area contributed by atoms with Gasteiger partial charge in [0.15, 0.2) is 5.03 Å². The predicted octanol–water partition coefficient (Wildman–Crippen LogP) is 0.831. The number of nitrogens with zero attached hydrogens (tertiary/aromatic N) is 5. The fourth-order valence-corrected chi connectivity index (χ4v) is 4.58. The predicted molar refractivity (Wildman–Crippen MR) is 88.0 cm³/mol. The van der Waals surface area contributed by atoms with E-state index in [4.69, 9.17) is 4.74 Å². The fraction of sp³-hybridized carbons (Fsp3) is 0.600. The second-order valence-electron chi connectivity index (χ2n) is 6.05. The van der Waals surface area contributed by atoms with E-state index in [9.17, 15) is 8.42 Å². The number of hydrogen-bond acceptors (Lipinski definition) is 5. The minimum absolute atomic E-state index is 0.0871. The number of aryl methyl sites for hydroxylation is 1. The summed E-state index contributed by atoms with van der Waals surface area (Å²) in [5.74, 6) is 1.01. The second-order valence-corrected chi connectivity index (χ2v) is 7.94. The molecular weight excluding hydrogens is 330 g/mol. The number of aromatic nitrogens is 4. The maximum atomic E-state index is 12.8. The molecule has 2 aromatic rings. The molecule has 0 bridgehead atoms. The number of ether oxygens (including phenoxy) is 1. The molecule has 1 fully saturated rings. The van der Waals surface area contributed by atoms with Gasteiger partial charge in [-0.1, -0.05) is 0 Å². The van der Waals surface area contributed by atoms with Gasteiger partial charge in [-0.05, 0) is 12.8 Å². The highest BCUT2D eigenvalue weighted by Crippen LogP contribution is 2.29. The molecule has 1 saturated heterocycles. The van der Waals surface area contributed by atoms with Crippen LogP contribution in [-0.2, 0) is 28.4 Å². The van der Waals surface area contributed by atoms with Crippen molar-refractivity contribution in [2.75, 3.05) is 26.8 Å². The first-order valence-corrected chi connectivity index (χ1v) is 9.44. The molecule has 1 atom stereocenters. The highest BCUT2D eigenvalue weighted by Gasteiger charge is 2.33. The van der Waals surface area contributed by atoms with E-state index in [1.807, 2.05) is 10.8 Å². The van der Waals surface area contributed by atoms with Crippen LogP contribution >= 0.6 is 0 Å². The van der Waals surface area contributed by atoms with Crippen LogP contribution in [0.3, 0.4) is 0 Å². The van der Waals surface area contributed by atoms with Gasteiger partial charge in [0.05, 0.1) is 12.9 Å². The first-order chi connectivity index (χ1) is 11.5. The molecule has 0 saturated carbocycles. The third-order valence-electron chi connectivity index (χ3n) is 4.32. The van der Waals surface area contributed by atoms with Crippen molar-refractivity contribution in [2.24, 2.45) is 7.05 Å². The van der Waals surface area contributed by atoms with Crippen LogP contribution in [0.15, 0.2) is 29.9 Å². The Bertz CT molecular complexity index is 783. The molecule has 24 heavy (non-hydrogen) atoms. The van der Waals surface area contributed by atoms with Gasteiger partial charge in [-0.25, -0.2) is 18.4 Å². The molecule has 0 aromatic carbocycles. The first kappa shape index (κ1) is 17.1. The summed E-state index contributed by atoms with van der Waals surface area (Å²) >= 11 is 0. The molecule has 0 radical (unpaired) electrons. The molecule has 2 aromatic heterocycles. The van der Waals surface area contributed by atoms with Gasteiger partial charge >= 0.3 is 0 Å². The smallest absolute Gasteiger partial charge is 0.262 e. The summed E-state index contributed by atoms with van der Waals surface area (Å²) in [6, 6.07) is 0. The van der Waals surface area contributed by atoms with Crippen molar-refractivity contribution >= 4 is 10.0 Å². The average molecular weight is 353 g/mol. The summed E-state index contributed by atoms with van der Waals surface area (Å²) in [5.41, 5.74) is 0. The van der Waals surface area contributed by atoms with Gasteiger partial charge in [0.2, 0.25) is 0 Å². The monoisotopic (exact) mass is 353 g/mol. The minimum Gasteiger partial charge on any atom is -0.383 e. The van der Waals surface area contributed by atoms with Crippen LogP contribution in [-0.4, -0.2) is 58.6 Å². The number of imidazole rings is 2. The third kappa shape index (κ3) is 3.38. The Balaban J connectivity index is 1.79. The van der Waals surface area contributed by atoms with Crippen LogP contribution in [0, 0.1) is 0 Å². The van der Waals surface area contributed by atoms with Gasteiger partial charge < -0.3 is 13.9 Å². The highest BCUT2D eigenvalue weighted by molar-refractivity contribution is 7.89. The quantitative estimate of drug-likeness (QED) is 0.768. The summed E-state index contributed by atoms with van der Waals surface area (Å²) in [4.78, 5) is 8.46. The summed E-state index contributed by atoms with van der Waals surface area (Å²) < 4.78 is 35.9. The Morgan fingerprint density at radius 1 is 1.38 bits per heavy atom. The number of methoxy groups -OCH3 is 1. The zero-order valence-electron chi connectivity index (χ0n) is 14.0. The molecule has 0 aliphatic carbocycles. The molecule has 0 unspecified atom stereocenters. The maximum absolute atomic E-state index is 12.8. The summed E-state index contributed by atoms with van der Waals surface area (Å²) in [5, 5.41) is 0.105. The largest absolute Gasteiger partial charge is 0.383 e. The Morgan fingerprint density at radius 3 is 2.92 bits per heavy atom. The molecule has 3 rings (SSSR count). The average Bonchev–Trinajstić information content (AvgIpc) is 3.22. The van der Waals surface area contributed by atoms with Crippen molar-refractivity contribution in [1.29, 1.82) is 0 Å². The van der Waals surface area contributed by atoms with Crippen molar-refractivity contribution < 1.29 is 13.2 Å². The summed E-state index contributed by atoms with van der Waals surface area (Å²) in [7, 11) is -0.129. The van der Waals surface area contributed by atoms with Crippen molar-refractivity contribution in [3.8, 4) is 0 Å². The molecule has 3 heterocycles. The molecule has 0 spiro atoms. The van der Waals surface area contributed by atoms with Gasteiger partial charge in [0.1, 0.15) is 5.82 Å². The number of hydrogen-bond donors (Lipinski definition) is 0. The van der Waals surface area contributed by atoms with Crippen LogP contribution in [0.4, 0.5) is 0 Å². The highest BCUT2D eigenvalue weighted by atomic mass is 32.2. The second kappa shape index (κ2) is 7.04. The molecular formula is C15H23N5O3S. The SMILES string of the molecule is COCCn1ccnc1[C@H]1CCCN(S(=O)(=O)c2cn(C)cn2)C1. The molecule has 1 aliphatic rings. The van der Waals surface area contributed by atoms with E-state index in [-0.39, 0.29) is 10.9 Å². The maximum Gasteiger partial charge on any atom is 0.262 e. The Labute approximate surface area is 142 Å². The van der Waals surface area contributed by atoms with Crippen molar-refractivity contribution in [3.05, 3.63) is 30.7 Å². The van der Waals surface area contributed by atoms with Crippen LogP contribution in [0.1, 0.15) is 24.6 Å². The number of piperidine rings is 1. The normalized spacial score (nSPS) is 19.7. The van der Waals surface area contributed by atoms with Crippen LogP contribution < -0.4 is 0 Å². The van der Waals surface area contributed by atoms with Crippen molar-refractivity contribution in [2.45, 2.75) is 30.3 Å². The lowest BCUT2D eigenvalue weighted by molar-refractivity contribution is 0.184. The zero-order valence-corrected chi connectivity index (χ0v) is 14.8. The van der Waals surface area contributed by atoms with E-state index in [0.717, 1.165) is 25.2 Å². The molecule has 0 amide bonds. The Morgan fingerprint density at radius 2 is 2.21 bits per heavy atom. The number of rotatable bonds is 6. The van der Waals surface area contributed by atoms with E-state index in [1.54, 1.807) is 31.1 Å². The fourth-order valence-electron chi connectivity index (χ4n) is 3.09. The summed E-state index contributed by atoms with van der Waals surface area (Å²) in [6.45, 7) is 2.28. The summed E-state index contributed by atoms with van der Waals surface area (Å²) in [6.07, 6.45) is 8.47. The molecule has 1 aliphatic heterocycles. The lowest BCUT2D eigenvalue weighted by atomic mass is 9.99. The lowest BCUT2D eigenvalue weighted by Crippen LogP contribution is -2.40. The van der Waals surface area contributed by atoms with Gasteiger partial charge in [-0.3, -0.25) is 0 Å². The standard InChI is InChI=1S/C15H23N5O3S/c1-18-11-14(17-12-18)24(21,22)20-6-3-4-13(10-20)15-16-5-7-19(15)8-9-23-2/h5,7,11-13H,3-4,6,8-10H2,1-2H3/t13-/m0/s1.